The molecular formula is C59H112NO7+. The van der Waals surface area contributed by atoms with Crippen LogP contribution in [-0.4, -0.2) is 80.6 Å². The second-order valence-corrected chi connectivity index (χ2v) is 20.9. The van der Waals surface area contributed by atoms with Gasteiger partial charge in [0.25, 0.3) is 0 Å². The number of carbonyl (C=O) groups excluding carboxylic acids is 2. The van der Waals surface area contributed by atoms with Crippen molar-refractivity contribution in [1.82, 2.24) is 0 Å². The molecule has 0 radical (unpaired) electrons. The second kappa shape index (κ2) is 50.2. The molecular weight excluding hydrogens is 835 g/mol. The number of hydrogen-bond donors (Lipinski definition) is 1. The summed E-state index contributed by atoms with van der Waals surface area (Å²) in [6.07, 6.45) is 59.6. The van der Waals surface area contributed by atoms with Crippen LogP contribution in [0, 0.1) is 0 Å². The lowest BCUT2D eigenvalue weighted by molar-refractivity contribution is -0.887. The molecule has 67 heavy (non-hydrogen) atoms. The molecule has 0 amide bonds. The highest BCUT2D eigenvalue weighted by atomic mass is 16.6. The van der Waals surface area contributed by atoms with Crippen molar-refractivity contribution >= 4 is 17.9 Å². The SMILES string of the molecule is CC/C=C/C/C=C/CCCCCCCCCCCCCCCCC(=O)OC(COCCC(C(=O)O)[N+](C)(C)C)COC(=O)CCCCCCCCCCCCCCCCCCCCCCCC. The van der Waals surface area contributed by atoms with Crippen LogP contribution in [0.25, 0.3) is 0 Å². The maximum atomic E-state index is 12.8. The predicted molar refractivity (Wildman–Crippen MR) is 285 cm³/mol. The van der Waals surface area contributed by atoms with Crippen LogP contribution in [0.3, 0.4) is 0 Å². The second-order valence-electron chi connectivity index (χ2n) is 20.9. The van der Waals surface area contributed by atoms with Crippen LogP contribution in [0.5, 0.6) is 0 Å². The molecule has 0 aliphatic rings. The third kappa shape index (κ3) is 48.6. The van der Waals surface area contributed by atoms with E-state index in [-0.39, 0.29) is 36.2 Å². The first-order valence-electron chi connectivity index (χ1n) is 28.9. The fourth-order valence-corrected chi connectivity index (χ4v) is 8.96. The Bertz CT molecular complexity index is 1150. The van der Waals surface area contributed by atoms with Crippen LogP contribution >= 0.6 is 0 Å². The zero-order chi connectivity index (χ0) is 49.2. The highest BCUT2D eigenvalue weighted by Crippen LogP contribution is 2.18. The average Bonchev–Trinajstić information content (AvgIpc) is 3.29. The average molecular weight is 948 g/mol. The van der Waals surface area contributed by atoms with Gasteiger partial charge in [-0.1, -0.05) is 250 Å². The fourth-order valence-electron chi connectivity index (χ4n) is 8.96. The van der Waals surface area contributed by atoms with Crippen LogP contribution in [0.1, 0.15) is 284 Å². The quantitative estimate of drug-likeness (QED) is 0.0281. The third-order valence-corrected chi connectivity index (χ3v) is 13.4. The molecule has 0 fully saturated rings. The number of aliphatic carboxylic acids is 1. The highest BCUT2D eigenvalue weighted by molar-refractivity contribution is 5.72. The first-order chi connectivity index (χ1) is 32.6. The van der Waals surface area contributed by atoms with Crippen molar-refractivity contribution in [1.29, 1.82) is 0 Å². The Morgan fingerprint density at radius 2 is 0.836 bits per heavy atom. The van der Waals surface area contributed by atoms with Crippen LogP contribution in [0.2, 0.25) is 0 Å². The summed E-state index contributed by atoms with van der Waals surface area (Å²) in [7, 11) is 5.55. The molecule has 0 aromatic rings. The molecule has 8 nitrogen and oxygen atoms in total. The normalized spacial score (nSPS) is 12.9. The standard InChI is InChI=1S/C59H111NO7/c1-6-8-10-12-14-16-18-20-22-24-26-28-30-31-33-35-37-39-41-43-45-47-49-57(61)66-54-55(53-65-52-51-56(59(63)64)60(3,4)5)67-58(62)50-48-46-44-42-40-38-36-34-32-29-27-25-23-21-19-17-15-13-11-9-7-2/h9,11,15,17,55-56H,6-8,10,12-14,16,18-54H2,1-5H3/p+1/b11-9+,17-15+. The summed E-state index contributed by atoms with van der Waals surface area (Å²) >= 11 is 0. The molecule has 0 aromatic carbocycles. The van der Waals surface area contributed by atoms with E-state index in [1.54, 1.807) is 0 Å². The van der Waals surface area contributed by atoms with Crippen LogP contribution in [-0.2, 0) is 28.6 Å². The number of rotatable bonds is 53. The number of allylic oxidation sites excluding steroid dienone is 4. The monoisotopic (exact) mass is 947 g/mol. The van der Waals surface area contributed by atoms with Crippen molar-refractivity contribution in [2.45, 2.75) is 296 Å². The number of likely N-dealkylation sites (N-methyl/N-ethyl adjacent to an activating group) is 1. The summed E-state index contributed by atoms with van der Waals surface area (Å²) < 4.78 is 17.4. The highest BCUT2D eigenvalue weighted by Gasteiger charge is 2.31. The van der Waals surface area contributed by atoms with Gasteiger partial charge in [-0.25, -0.2) is 4.79 Å². The van der Waals surface area contributed by atoms with Gasteiger partial charge in [0.2, 0.25) is 0 Å². The molecule has 0 aromatic heterocycles. The summed E-state index contributed by atoms with van der Waals surface area (Å²) in [5.41, 5.74) is 0. The van der Waals surface area contributed by atoms with Gasteiger partial charge in [0.1, 0.15) is 6.61 Å². The van der Waals surface area contributed by atoms with E-state index in [1.165, 1.54) is 199 Å². The summed E-state index contributed by atoms with van der Waals surface area (Å²) in [4.78, 5) is 37.3. The number of nitrogens with zero attached hydrogens (tertiary/aromatic N) is 1. The molecule has 0 spiro atoms. The molecule has 0 rings (SSSR count). The number of esters is 2. The summed E-state index contributed by atoms with van der Waals surface area (Å²) in [6.45, 7) is 4.70. The van der Waals surface area contributed by atoms with Gasteiger partial charge in [-0.05, 0) is 38.5 Å². The number of quaternary nitrogens is 1. The van der Waals surface area contributed by atoms with Gasteiger partial charge in [-0.15, -0.1) is 0 Å². The van der Waals surface area contributed by atoms with Gasteiger partial charge >= 0.3 is 17.9 Å². The Morgan fingerprint density at radius 1 is 0.463 bits per heavy atom. The van der Waals surface area contributed by atoms with Crippen molar-refractivity contribution < 1.29 is 38.2 Å². The molecule has 0 heterocycles. The Kier molecular flexibility index (Phi) is 48.6. The van der Waals surface area contributed by atoms with E-state index in [2.05, 4.69) is 38.2 Å². The van der Waals surface area contributed by atoms with Gasteiger partial charge in [0.05, 0.1) is 34.4 Å². The minimum absolute atomic E-state index is 0.0446. The number of ether oxygens (including phenoxy) is 3. The van der Waals surface area contributed by atoms with Gasteiger partial charge in [-0.3, -0.25) is 9.59 Å². The number of hydrogen-bond acceptors (Lipinski definition) is 6. The molecule has 0 saturated heterocycles. The fraction of sp³-hybridized carbons (Fsp3) is 0.881. The first-order valence-corrected chi connectivity index (χ1v) is 28.9. The summed E-state index contributed by atoms with van der Waals surface area (Å²) in [5, 5.41) is 9.68. The zero-order valence-electron chi connectivity index (χ0n) is 45.1. The molecule has 394 valence electrons. The van der Waals surface area contributed by atoms with E-state index in [9.17, 15) is 19.5 Å². The Hall–Kier alpha value is -2.19. The van der Waals surface area contributed by atoms with Crippen molar-refractivity contribution in [3.05, 3.63) is 24.3 Å². The smallest absolute Gasteiger partial charge is 0.362 e. The van der Waals surface area contributed by atoms with Crippen molar-refractivity contribution in [2.24, 2.45) is 0 Å². The Labute approximate surface area is 415 Å². The molecule has 2 atom stereocenters. The molecule has 0 aliphatic carbocycles. The van der Waals surface area contributed by atoms with Crippen molar-refractivity contribution in [3.63, 3.8) is 0 Å². The van der Waals surface area contributed by atoms with Crippen LogP contribution in [0.15, 0.2) is 24.3 Å². The number of carboxylic acid groups (broad SMARTS) is 1. The van der Waals surface area contributed by atoms with E-state index in [1.807, 2.05) is 21.1 Å². The Morgan fingerprint density at radius 3 is 1.22 bits per heavy atom. The maximum Gasteiger partial charge on any atom is 0.362 e. The van der Waals surface area contributed by atoms with Crippen molar-refractivity contribution in [3.8, 4) is 0 Å². The lowest BCUT2D eigenvalue weighted by Crippen LogP contribution is -2.50. The van der Waals surface area contributed by atoms with Crippen LogP contribution in [0.4, 0.5) is 0 Å². The molecule has 2 unspecified atom stereocenters. The Balaban J connectivity index is 4.11. The largest absolute Gasteiger partial charge is 0.477 e. The van der Waals surface area contributed by atoms with E-state index < -0.39 is 18.1 Å². The lowest BCUT2D eigenvalue weighted by Gasteiger charge is -2.31. The third-order valence-electron chi connectivity index (χ3n) is 13.4. The number of unbranched alkanes of at least 4 members (excludes halogenated alkanes) is 35. The van der Waals surface area contributed by atoms with E-state index in [0.717, 1.165) is 51.4 Å². The maximum absolute atomic E-state index is 12.8. The van der Waals surface area contributed by atoms with Gasteiger partial charge in [0.15, 0.2) is 12.1 Å². The van der Waals surface area contributed by atoms with Gasteiger partial charge < -0.3 is 23.8 Å². The van der Waals surface area contributed by atoms with E-state index in [4.69, 9.17) is 14.2 Å². The minimum Gasteiger partial charge on any atom is -0.477 e. The first kappa shape index (κ1) is 64.8. The molecule has 1 N–H and O–H groups in total. The van der Waals surface area contributed by atoms with Crippen molar-refractivity contribution in [2.75, 3.05) is 41.0 Å². The van der Waals surface area contributed by atoms with Gasteiger partial charge in [0, 0.05) is 19.3 Å². The van der Waals surface area contributed by atoms with E-state index >= 15 is 0 Å². The minimum atomic E-state index is -0.870. The zero-order valence-corrected chi connectivity index (χ0v) is 45.1. The number of carboxylic acids is 1. The topological polar surface area (TPSA) is 99.1 Å². The summed E-state index contributed by atoms with van der Waals surface area (Å²) in [6, 6.07) is -0.612. The molecule has 0 saturated carbocycles. The number of carbonyl (C=O) groups is 3. The lowest BCUT2D eigenvalue weighted by atomic mass is 10.0. The molecule has 0 bridgehead atoms. The molecule has 0 aliphatic heterocycles. The summed E-state index contributed by atoms with van der Waals surface area (Å²) in [5.74, 6) is -1.44. The van der Waals surface area contributed by atoms with E-state index in [0.29, 0.717) is 19.3 Å². The molecule has 8 heteroatoms. The van der Waals surface area contributed by atoms with Crippen LogP contribution < -0.4 is 0 Å². The predicted octanol–water partition coefficient (Wildman–Crippen LogP) is 17.2. The van der Waals surface area contributed by atoms with Gasteiger partial charge in [-0.2, -0.15) is 0 Å².